The van der Waals surface area contributed by atoms with Gasteiger partial charge in [0.15, 0.2) is 15.8 Å². The number of guanidine groups is 1. The van der Waals surface area contributed by atoms with Crippen LogP contribution in [0, 0.1) is 5.82 Å². The number of benzene rings is 3. The first-order valence-electron chi connectivity index (χ1n) is 12.5. The zero-order chi connectivity index (χ0) is 27.3. The standard InChI is InChI=1S/C29H32FN3O4S/c1-29(2)19-31-28(33-29)32-25-5-3-4-21(16-25)7-6-20-8-14-26(15-9-20)38(36,37)18-23(17-27(34)35)22-10-12-24(30)13-11-22/h3-5,8-16,23H,6-7,17-19H2,1-2H3,(H,34,35)(H2,31,32,33). The van der Waals surface area contributed by atoms with Gasteiger partial charge in [-0.25, -0.2) is 12.8 Å². The maximum absolute atomic E-state index is 13.3. The highest BCUT2D eigenvalue weighted by Crippen LogP contribution is 2.26. The van der Waals surface area contributed by atoms with Gasteiger partial charge in [0, 0.05) is 11.6 Å². The highest BCUT2D eigenvalue weighted by atomic mass is 32.2. The summed E-state index contributed by atoms with van der Waals surface area (Å²) in [7, 11) is -3.76. The van der Waals surface area contributed by atoms with Gasteiger partial charge in [0.05, 0.1) is 29.2 Å². The van der Waals surface area contributed by atoms with Crippen LogP contribution in [0.25, 0.3) is 0 Å². The molecule has 1 unspecified atom stereocenters. The third-order valence-electron chi connectivity index (χ3n) is 6.45. The van der Waals surface area contributed by atoms with Crippen molar-refractivity contribution in [3.63, 3.8) is 0 Å². The number of carboxylic acid groups (broad SMARTS) is 1. The van der Waals surface area contributed by atoms with Gasteiger partial charge in [-0.2, -0.15) is 0 Å². The van der Waals surface area contributed by atoms with E-state index in [1.807, 2.05) is 12.1 Å². The van der Waals surface area contributed by atoms with Crippen molar-refractivity contribution in [2.45, 2.75) is 49.5 Å². The summed E-state index contributed by atoms with van der Waals surface area (Å²) in [6.07, 6.45) is 1.14. The Hall–Kier alpha value is -3.72. The number of halogens is 1. The Morgan fingerprint density at radius 2 is 1.74 bits per heavy atom. The number of rotatable bonds is 10. The summed E-state index contributed by atoms with van der Waals surface area (Å²) in [6, 6.07) is 20.1. The third-order valence-corrected chi connectivity index (χ3v) is 8.28. The fraction of sp³-hybridized carbons (Fsp3) is 0.310. The maximum atomic E-state index is 13.3. The third kappa shape index (κ3) is 7.41. The molecule has 1 atom stereocenters. The molecule has 4 rings (SSSR count). The first-order chi connectivity index (χ1) is 18.0. The highest BCUT2D eigenvalue weighted by molar-refractivity contribution is 7.91. The van der Waals surface area contributed by atoms with Crippen LogP contribution in [0.5, 0.6) is 0 Å². The molecule has 0 radical (unpaired) electrons. The summed E-state index contributed by atoms with van der Waals surface area (Å²) in [5.41, 5.74) is 3.50. The van der Waals surface area contributed by atoms with Crippen molar-refractivity contribution < 1.29 is 22.7 Å². The zero-order valence-corrected chi connectivity index (χ0v) is 22.3. The number of hydrogen-bond acceptors (Lipinski definition) is 6. The minimum Gasteiger partial charge on any atom is -0.481 e. The monoisotopic (exact) mass is 537 g/mol. The molecule has 0 bridgehead atoms. The van der Waals surface area contributed by atoms with Crippen LogP contribution in [-0.2, 0) is 27.5 Å². The zero-order valence-electron chi connectivity index (χ0n) is 21.4. The van der Waals surface area contributed by atoms with E-state index in [0.717, 1.165) is 35.6 Å². The fourth-order valence-electron chi connectivity index (χ4n) is 4.42. The molecule has 0 saturated heterocycles. The van der Waals surface area contributed by atoms with Crippen LogP contribution in [0.4, 0.5) is 10.1 Å². The number of anilines is 1. The van der Waals surface area contributed by atoms with E-state index in [-0.39, 0.29) is 22.6 Å². The van der Waals surface area contributed by atoms with Crippen LogP contribution in [0.2, 0.25) is 0 Å². The van der Waals surface area contributed by atoms with Crippen LogP contribution in [0.1, 0.15) is 42.9 Å². The normalized spacial score (nSPS) is 15.4. The second-order valence-electron chi connectivity index (χ2n) is 10.3. The van der Waals surface area contributed by atoms with E-state index in [4.69, 9.17) is 0 Å². The van der Waals surface area contributed by atoms with Gasteiger partial charge in [0.1, 0.15) is 5.82 Å². The van der Waals surface area contributed by atoms with Crippen molar-refractivity contribution in [3.8, 4) is 0 Å². The van der Waals surface area contributed by atoms with E-state index < -0.39 is 27.5 Å². The lowest BCUT2D eigenvalue weighted by Crippen LogP contribution is -2.42. The van der Waals surface area contributed by atoms with E-state index >= 15 is 0 Å². The van der Waals surface area contributed by atoms with Crippen LogP contribution in [0.15, 0.2) is 82.7 Å². The smallest absolute Gasteiger partial charge is 0.303 e. The summed E-state index contributed by atoms with van der Waals surface area (Å²) in [5.74, 6) is -1.97. The van der Waals surface area contributed by atoms with Crippen LogP contribution < -0.4 is 10.6 Å². The topological polar surface area (TPSA) is 108 Å². The van der Waals surface area contributed by atoms with Gasteiger partial charge >= 0.3 is 5.97 Å². The predicted octanol–water partition coefficient (Wildman–Crippen LogP) is 4.79. The van der Waals surface area contributed by atoms with Gasteiger partial charge in [0.2, 0.25) is 0 Å². The molecule has 3 aromatic rings. The van der Waals surface area contributed by atoms with Crippen molar-refractivity contribution in [3.05, 3.63) is 95.3 Å². The lowest BCUT2D eigenvalue weighted by Gasteiger charge is -2.18. The number of carbonyl (C=O) groups is 1. The van der Waals surface area contributed by atoms with Gasteiger partial charge in [-0.15, -0.1) is 0 Å². The van der Waals surface area contributed by atoms with Gasteiger partial charge < -0.3 is 15.7 Å². The molecule has 7 nitrogen and oxygen atoms in total. The van der Waals surface area contributed by atoms with Crippen LogP contribution in [0.3, 0.4) is 0 Å². The number of aliphatic carboxylic acids is 1. The molecule has 38 heavy (non-hydrogen) atoms. The molecule has 0 amide bonds. The largest absolute Gasteiger partial charge is 0.481 e. The van der Waals surface area contributed by atoms with Gasteiger partial charge in [-0.3, -0.25) is 9.79 Å². The first kappa shape index (κ1) is 27.3. The van der Waals surface area contributed by atoms with E-state index in [9.17, 15) is 22.7 Å². The summed E-state index contributed by atoms with van der Waals surface area (Å²) in [5, 5.41) is 16.0. The fourth-order valence-corrected chi connectivity index (χ4v) is 6.00. The number of sulfone groups is 1. The molecule has 1 heterocycles. The lowest BCUT2D eigenvalue weighted by atomic mass is 9.98. The average Bonchev–Trinajstić information content (AvgIpc) is 3.20. The number of aryl methyl sites for hydroxylation is 2. The van der Waals surface area contributed by atoms with Crippen molar-refractivity contribution in [1.82, 2.24) is 5.32 Å². The number of nitrogens with zero attached hydrogens (tertiary/aromatic N) is 1. The van der Waals surface area contributed by atoms with Gasteiger partial charge in [-0.1, -0.05) is 36.4 Å². The van der Waals surface area contributed by atoms with E-state index in [1.165, 1.54) is 24.3 Å². The predicted molar refractivity (Wildman–Crippen MR) is 147 cm³/mol. The van der Waals surface area contributed by atoms with E-state index in [2.05, 4.69) is 41.6 Å². The van der Waals surface area contributed by atoms with Crippen molar-refractivity contribution >= 4 is 27.5 Å². The Morgan fingerprint density at radius 3 is 2.37 bits per heavy atom. The Labute approximate surface area is 222 Å². The Morgan fingerprint density at radius 1 is 1.05 bits per heavy atom. The van der Waals surface area contributed by atoms with Crippen LogP contribution in [-0.4, -0.2) is 43.3 Å². The molecule has 3 aromatic carbocycles. The van der Waals surface area contributed by atoms with Crippen molar-refractivity contribution in [2.75, 3.05) is 17.6 Å². The van der Waals surface area contributed by atoms with Crippen LogP contribution >= 0.6 is 0 Å². The minimum atomic E-state index is -3.76. The summed E-state index contributed by atoms with van der Waals surface area (Å²) in [6.45, 7) is 4.91. The molecule has 3 N–H and O–H groups in total. The SMILES string of the molecule is CC1(C)CN=C(Nc2cccc(CCc3ccc(S(=O)(=O)CC(CC(=O)O)c4ccc(F)cc4)cc3)c2)N1. The Bertz CT molecular complexity index is 1420. The Kier molecular flexibility index (Phi) is 8.16. The lowest BCUT2D eigenvalue weighted by molar-refractivity contribution is -0.137. The minimum absolute atomic E-state index is 0.0578. The maximum Gasteiger partial charge on any atom is 0.303 e. The summed E-state index contributed by atoms with van der Waals surface area (Å²) < 4.78 is 39.5. The second-order valence-corrected chi connectivity index (χ2v) is 12.3. The highest BCUT2D eigenvalue weighted by Gasteiger charge is 2.26. The van der Waals surface area contributed by atoms with Crippen molar-refractivity contribution in [2.24, 2.45) is 4.99 Å². The first-order valence-corrected chi connectivity index (χ1v) is 14.1. The number of nitrogens with one attached hydrogen (secondary N) is 2. The molecule has 0 fully saturated rings. The van der Waals surface area contributed by atoms with Gasteiger partial charge in [-0.05, 0) is 79.8 Å². The molecule has 0 aliphatic carbocycles. The molecule has 0 aromatic heterocycles. The molecule has 0 saturated carbocycles. The quantitative estimate of drug-likeness (QED) is 0.343. The summed E-state index contributed by atoms with van der Waals surface area (Å²) >= 11 is 0. The Balaban J connectivity index is 1.38. The molecule has 0 spiro atoms. The number of hydrogen-bond donors (Lipinski definition) is 3. The number of carboxylic acids is 1. The molecule has 200 valence electrons. The second kappa shape index (κ2) is 11.3. The van der Waals surface area contributed by atoms with Gasteiger partial charge in [0.25, 0.3) is 0 Å². The summed E-state index contributed by atoms with van der Waals surface area (Å²) in [4.78, 5) is 16.0. The molecular weight excluding hydrogens is 505 g/mol. The molecular formula is C29H32FN3O4S. The molecule has 1 aliphatic rings. The van der Waals surface area contributed by atoms with Crippen molar-refractivity contribution in [1.29, 1.82) is 0 Å². The van der Waals surface area contributed by atoms with E-state index in [1.54, 1.807) is 24.3 Å². The molecule has 9 heteroatoms. The number of aliphatic imine (C=N–C) groups is 1. The molecule has 1 aliphatic heterocycles. The van der Waals surface area contributed by atoms with E-state index in [0.29, 0.717) is 12.1 Å². The average molecular weight is 538 g/mol.